The molecule has 0 heterocycles. The molecule has 0 radical (unpaired) electrons. The zero-order valence-corrected chi connectivity index (χ0v) is 9.16. The first-order valence-electron chi connectivity index (χ1n) is 5.62. The lowest BCUT2D eigenvalue weighted by Gasteiger charge is -2.27. The van der Waals surface area contributed by atoms with Crippen molar-refractivity contribution in [3.8, 4) is 5.75 Å². The quantitative estimate of drug-likeness (QED) is 0.848. The number of nitrogens with two attached hydrogens (primary N) is 1. The Hall–Kier alpha value is -1.35. The van der Waals surface area contributed by atoms with Gasteiger partial charge in [-0.25, -0.2) is 4.39 Å². The second-order valence-electron chi connectivity index (χ2n) is 3.99. The van der Waals surface area contributed by atoms with Crippen molar-refractivity contribution in [3.63, 3.8) is 0 Å². The molecule has 1 aromatic carbocycles. The van der Waals surface area contributed by atoms with E-state index in [1.165, 1.54) is 18.6 Å². The van der Waals surface area contributed by atoms with E-state index in [1.807, 2.05) is 0 Å². The first-order valence-corrected chi connectivity index (χ1v) is 5.62. The van der Waals surface area contributed by atoms with Crippen LogP contribution in [0.5, 0.6) is 5.75 Å². The molecule has 2 rings (SSSR count). The van der Waals surface area contributed by atoms with Gasteiger partial charge in [0.1, 0.15) is 11.6 Å². The van der Waals surface area contributed by atoms with E-state index in [4.69, 9.17) is 10.5 Å². The number of hydrogen-bond donors (Lipinski definition) is 1. The van der Waals surface area contributed by atoms with Crippen LogP contribution in [0.25, 0.3) is 6.08 Å². The summed E-state index contributed by atoms with van der Waals surface area (Å²) in [7, 11) is 0. The molecule has 0 unspecified atom stereocenters. The fourth-order valence-corrected chi connectivity index (χ4v) is 1.62. The highest BCUT2D eigenvalue weighted by Gasteiger charge is 2.19. The molecule has 0 aliphatic heterocycles. The second kappa shape index (κ2) is 5.12. The van der Waals surface area contributed by atoms with Crippen LogP contribution in [0.2, 0.25) is 0 Å². The van der Waals surface area contributed by atoms with Gasteiger partial charge in [0, 0.05) is 12.1 Å². The lowest BCUT2D eigenvalue weighted by molar-refractivity contribution is 0.120. The molecule has 0 saturated heterocycles. The molecule has 0 spiro atoms. The van der Waals surface area contributed by atoms with E-state index in [0.717, 1.165) is 24.2 Å². The van der Waals surface area contributed by atoms with Gasteiger partial charge >= 0.3 is 0 Å². The molecule has 1 aromatic rings. The Morgan fingerprint density at radius 1 is 1.44 bits per heavy atom. The average molecular weight is 221 g/mol. The third-order valence-corrected chi connectivity index (χ3v) is 2.75. The number of halogens is 1. The Morgan fingerprint density at radius 3 is 2.88 bits per heavy atom. The van der Waals surface area contributed by atoms with Gasteiger partial charge in [0.15, 0.2) is 0 Å². The summed E-state index contributed by atoms with van der Waals surface area (Å²) in [5.74, 6) is 0.494. The standard InChI is InChI=1S/C13H16FNO/c14-11-6-7-13(16-12-4-1-5-12)10(9-11)3-2-8-15/h2-3,6-7,9,12H,1,4-5,8,15H2/b3-2+. The molecule has 86 valence electrons. The molecule has 3 heteroatoms. The van der Waals surface area contributed by atoms with Gasteiger partial charge < -0.3 is 10.5 Å². The number of ether oxygens (including phenoxy) is 1. The van der Waals surface area contributed by atoms with Crippen LogP contribution in [0.4, 0.5) is 4.39 Å². The molecule has 2 nitrogen and oxygen atoms in total. The van der Waals surface area contributed by atoms with Crippen molar-refractivity contribution in [1.29, 1.82) is 0 Å². The number of benzene rings is 1. The second-order valence-corrected chi connectivity index (χ2v) is 3.99. The van der Waals surface area contributed by atoms with E-state index >= 15 is 0 Å². The predicted octanol–water partition coefficient (Wildman–Crippen LogP) is 2.73. The van der Waals surface area contributed by atoms with Gasteiger partial charge in [0.05, 0.1) is 6.10 Å². The predicted molar refractivity (Wildman–Crippen MR) is 62.8 cm³/mol. The van der Waals surface area contributed by atoms with Crippen molar-refractivity contribution in [1.82, 2.24) is 0 Å². The molecule has 1 saturated carbocycles. The molecule has 0 bridgehead atoms. The van der Waals surface area contributed by atoms with Gasteiger partial charge in [-0.2, -0.15) is 0 Å². The molecule has 1 aliphatic rings. The van der Waals surface area contributed by atoms with Crippen molar-refractivity contribution in [2.24, 2.45) is 5.73 Å². The number of hydrogen-bond acceptors (Lipinski definition) is 2. The smallest absolute Gasteiger partial charge is 0.127 e. The summed E-state index contributed by atoms with van der Waals surface area (Å²) >= 11 is 0. The van der Waals surface area contributed by atoms with Gasteiger partial charge in [0.2, 0.25) is 0 Å². The summed E-state index contributed by atoms with van der Waals surface area (Å²) in [4.78, 5) is 0. The fourth-order valence-electron chi connectivity index (χ4n) is 1.62. The highest BCUT2D eigenvalue weighted by Crippen LogP contribution is 2.28. The summed E-state index contributed by atoms with van der Waals surface area (Å²) in [5.41, 5.74) is 6.14. The number of rotatable bonds is 4. The maximum atomic E-state index is 13.1. The highest BCUT2D eigenvalue weighted by atomic mass is 19.1. The van der Waals surface area contributed by atoms with E-state index in [2.05, 4.69) is 0 Å². The van der Waals surface area contributed by atoms with Crippen LogP contribution in [-0.4, -0.2) is 12.6 Å². The first kappa shape index (κ1) is 11.1. The zero-order chi connectivity index (χ0) is 11.4. The van der Waals surface area contributed by atoms with Gasteiger partial charge in [-0.1, -0.05) is 12.2 Å². The summed E-state index contributed by atoms with van der Waals surface area (Å²) in [6, 6.07) is 4.58. The first-order chi connectivity index (χ1) is 7.79. The lowest BCUT2D eigenvalue weighted by atomic mass is 9.96. The topological polar surface area (TPSA) is 35.2 Å². The molecule has 1 aliphatic carbocycles. The Kier molecular flexibility index (Phi) is 3.57. The Bertz CT molecular complexity index is 386. The molecule has 16 heavy (non-hydrogen) atoms. The third kappa shape index (κ3) is 2.61. The van der Waals surface area contributed by atoms with Gasteiger partial charge in [0.25, 0.3) is 0 Å². The largest absolute Gasteiger partial charge is 0.490 e. The molecule has 1 fully saturated rings. The maximum Gasteiger partial charge on any atom is 0.127 e. The molecule has 0 aromatic heterocycles. The monoisotopic (exact) mass is 221 g/mol. The van der Waals surface area contributed by atoms with Crippen molar-refractivity contribution in [3.05, 3.63) is 35.7 Å². The SMILES string of the molecule is NC/C=C/c1cc(F)ccc1OC1CCC1. The maximum absolute atomic E-state index is 13.1. The summed E-state index contributed by atoms with van der Waals surface area (Å²) in [6.45, 7) is 0.444. The van der Waals surface area contributed by atoms with E-state index in [-0.39, 0.29) is 5.82 Å². The van der Waals surface area contributed by atoms with Crippen LogP contribution in [-0.2, 0) is 0 Å². The van der Waals surface area contributed by atoms with Crippen LogP contribution >= 0.6 is 0 Å². The van der Waals surface area contributed by atoms with Crippen LogP contribution in [0.15, 0.2) is 24.3 Å². The molecule has 0 atom stereocenters. The normalized spacial score (nSPS) is 16.4. The molecule has 2 N–H and O–H groups in total. The van der Waals surface area contributed by atoms with E-state index in [9.17, 15) is 4.39 Å². The average Bonchev–Trinajstić information content (AvgIpc) is 2.22. The summed E-state index contributed by atoms with van der Waals surface area (Å²) in [6.07, 6.45) is 7.31. The van der Waals surface area contributed by atoms with Crippen molar-refractivity contribution < 1.29 is 9.13 Å². The molecule has 0 amide bonds. The van der Waals surface area contributed by atoms with Crippen LogP contribution in [0.3, 0.4) is 0 Å². The van der Waals surface area contributed by atoms with E-state index in [0.29, 0.717) is 12.6 Å². The van der Waals surface area contributed by atoms with Gasteiger partial charge in [-0.3, -0.25) is 0 Å². The Morgan fingerprint density at radius 2 is 2.25 bits per heavy atom. The highest BCUT2D eigenvalue weighted by molar-refractivity contribution is 5.57. The van der Waals surface area contributed by atoms with Crippen LogP contribution in [0.1, 0.15) is 24.8 Å². The molecular weight excluding hydrogens is 205 g/mol. The Balaban J connectivity index is 2.16. The van der Waals surface area contributed by atoms with Gasteiger partial charge in [-0.15, -0.1) is 0 Å². The Labute approximate surface area is 94.9 Å². The molecular formula is C13H16FNO. The minimum Gasteiger partial charge on any atom is -0.490 e. The van der Waals surface area contributed by atoms with E-state index < -0.39 is 0 Å². The van der Waals surface area contributed by atoms with Gasteiger partial charge in [-0.05, 0) is 37.5 Å². The van der Waals surface area contributed by atoms with Crippen LogP contribution in [0, 0.1) is 5.82 Å². The fraction of sp³-hybridized carbons (Fsp3) is 0.385. The van der Waals surface area contributed by atoms with Crippen molar-refractivity contribution in [2.75, 3.05) is 6.54 Å². The minimum atomic E-state index is -0.252. The lowest BCUT2D eigenvalue weighted by Crippen LogP contribution is -2.24. The summed E-state index contributed by atoms with van der Waals surface area (Å²) in [5, 5.41) is 0. The van der Waals surface area contributed by atoms with E-state index in [1.54, 1.807) is 18.2 Å². The zero-order valence-electron chi connectivity index (χ0n) is 9.16. The van der Waals surface area contributed by atoms with Crippen LogP contribution < -0.4 is 10.5 Å². The summed E-state index contributed by atoms with van der Waals surface area (Å²) < 4.78 is 18.9. The van der Waals surface area contributed by atoms with Crippen molar-refractivity contribution in [2.45, 2.75) is 25.4 Å². The third-order valence-electron chi connectivity index (χ3n) is 2.75. The van der Waals surface area contributed by atoms with Crippen molar-refractivity contribution >= 4 is 6.08 Å². The minimum absolute atomic E-state index is 0.252.